The van der Waals surface area contributed by atoms with E-state index < -0.39 is 0 Å². The lowest BCUT2D eigenvalue weighted by Crippen LogP contribution is -2.30. The lowest BCUT2D eigenvalue weighted by Gasteiger charge is -2.24. The highest BCUT2D eigenvalue weighted by Crippen LogP contribution is 2.31. The zero-order valence-corrected chi connectivity index (χ0v) is 14.5. The smallest absolute Gasteiger partial charge is 0.143 e. The van der Waals surface area contributed by atoms with Gasteiger partial charge in [-0.2, -0.15) is 0 Å². The number of nitrogens with zero attached hydrogens (tertiary/aromatic N) is 2. The third-order valence-corrected chi connectivity index (χ3v) is 4.77. The SMILES string of the molecule is CC=CCN1CCc2onc(-c3ccc(-c4ccccc4)cc3)c2C1. The second kappa shape index (κ2) is 7.08. The summed E-state index contributed by atoms with van der Waals surface area (Å²) in [6.07, 6.45) is 5.24. The fourth-order valence-corrected chi connectivity index (χ4v) is 3.35. The molecule has 4 rings (SSSR count). The van der Waals surface area contributed by atoms with Crippen molar-refractivity contribution in [1.82, 2.24) is 10.1 Å². The van der Waals surface area contributed by atoms with Crippen molar-refractivity contribution >= 4 is 0 Å². The molecule has 2 heterocycles. The molecule has 3 heteroatoms. The van der Waals surface area contributed by atoms with Crippen LogP contribution in [-0.4, -0.2) is 23.1 Å². The molecule has 3 nitrogen and oxygen atoms in total. The summed E-state index contributed by atoms with van der Waals surface area (Å²) in [4.78, 5) is 2.43. The largest absolute Gasteiger partial charge is 0.360 e. The molecular formula is C22H22N2O. The van der Waals surface area contributed by atoms with E-state index in [0.29, 0.717) is 0 Å². The van der Waals surface area contributed by atoms with Crippen LogP contribution in [0.25, 0.3) is 22.4 Å². The number of fused-ring (bicyclic) bond motifs is 1. The third kappa shape index (κ3) is 3.28. The van der Waals surface area contributed by atoms with Crippen LogP contribution in [-0.2, 0) is 13.0 Å². The molecule has 3 aromatic rings. The van der Waals surface area contributed by atoms with Crippen molar-refractivity contribution < 1.29 is 4.52 Å². The fraction of sp³-hybridized carbons (Fsp3) is 0.227. The Morgan fingerprint density at radius 1 is 1.00 bits per heavy atom. The van der Waals surface area contributed by atoms with Gasteiger partial charge in [0, 0.05) is 37.2 Å². The van der Waals surface area contributed by atoms with E-state index in [1.54, 1.807) is 0 Å². The second-order valence-electron chi connectivity index (χ2n) is 6.43. The zero-order chi connectivity index (χ0) is 17.1. The monoisotopic (exact) mass is 330 g/mol. The van der Waals surface area contributed by atoms with Crippen molar-refractivity contribution in [3.05, 3.63) is 78.1 Å². The number of allylic oxidation sites excluding steroid dienone is 1. The van der Waals surface area contributed by atoms with Crippen LogP contribution in [0, 0.1) is 0 Å². The quantitative estimate of drug-likeness (QED) is 0.634. The van der Waals surface area contributed by atoms with E-state index in [1.165, 1.54) is 16.7 Å². The zero-order valence-electron chi connectivity index (χ0n) is 14.5. The molecule has 2 aromatic carbocycles. The van der Waals surface area contributed by atoms with Gasteiger partial charge in [0.1, 0.15) is 11.5 Å². The van der Waals surface area contributed by atoms with Gasteiger partial charge in [-0.25, -0.2) is 0 Å². The minimum absolute atomic E-state index is 0.902. The highest BCUT2D eigenvalue weighted by Gasteiger charge is 2.24. The van der Waals surface area contributed by atoms with E-state index in [4.69, 9.17) is 4.52 Å². The van der Waals surface area contributed by atoms with Gasteiger partial charge in [0.25, 0.3) is 0 Å². The van der Waals surface area contributed by atoms with Crippen LogP contribution in [0.5, 0.6) is 0 Å². The van der Waals surface area contributed by atoms with E-state index in [9.17, 15) is 0 Å². The van der Waals surface area contributed by atoms with Crippen molar-refractivity contribution in [3.8, 4) is 22.4 Å². The first-order valence-corrected chi connectivity index (χ1v) is 8.82. The summed E-state index contributed by atoms with van der Waals surface area (Å²) in [7, 11) is 0. The van der Waals surface area contributed by atoms with Crippen LogP contribution in [0.15, 0.2) is 71.3 Å². The maximum Gasteiger partial charge on any atom is 0.143 e. The standard InChI is InChI=1S/C22H22N2O/c1-2-3-14-24-15-13-21-20(16-24)22(23-25-21)19-11-9-18(10-12-19)17-7-5-4-6-8-17/h2-12H,13-16H2,1H3. The number of rotatable bonds is 4. The summed E-state index contributed by atoms with van der Waals surface area (Å²) >= 11 is 0. The Bertz CT molecular complexity index is 863. The van der Waals surface area contributed by atoms with Gasteiger partial charge in [0.15, 0.2) is 0 Å². The molecule has 0 radical (unpaired) electrons. The maximum atomic E-state index is 5.61. The highest BCUT2D eigenvalue weighted by molar-refractivity contribution is 5.70. The Hall–Kier alpha value is -2.65. The predicted molar refractivity (Wildman–Crippen MR) is 101 cm³/mol. The minimum Gasteiger partial charge on any atom is -0.360 e. The van der Waals surface area contributed by atoms with Gasteiger partial charge < -0.3 is 4.52 Å². The molecule has 25 heavy (non-hydrogen) atoms. The Morgan fingerprint density at radius 2 is 1.72 bits per heavy atom. The first-order valence-electron chi connectivity index (χ1n) is 8.82. The normalized spacial score (nSPS) is 14.8. The van der Waals surface area contributed by atoms with E-state index in [0.717, 1.165) is 43.1 Å². The van der Waals surface area contributed by atoms with Gasteiger partial charge in [-0.15, -0.1) is 0 Å². The summed E-state index contributed by atoms with van der Waals surface area (Å²) in [6, 6.07) is 19.0. The number of benzene rings is 2. The molecule has 126 valence electrons. The van der Waals surface area contributed by atoms with Gasteiger partial charge in [-0.1, -0.05) is 71.9 Å². The molecule has 1 aliphatic heterocycles. The average molecular weight is 330 g/mol. The Balaban J connectivity index is 1.60. The van der Waals surface area contributed by atoms with Crippen molar-refractivity contribution in [1.29, 1.82) is 0 Å². The molecule has 0 bridgehead atoms. The van der Waals surface area contributed by atoms with Crippen LogP contribution in [0.4, 0.5) is 0 Å². The summed E-state index contributed by atoms with van der Waals surface area (Å²) in [5.74, 6) is 1.04. The van der Waals surface area contributed by atoms with Gasteiger partial charge in [0.05, 0.1) is 0 Å². The van der Waals surface area contributed by atoms with E-state index in [-0.39, 0.29) is 0 Å². The lowest BCUT2D eigenvalue weighted by molar-refractivity contribution is 0.258. The van der Waals surface area contributed by atoms with Crippen molar-refractivity contribution in [2.45, 2.75) is 19.9 Å². The van der Waals surface area contributed by atoms with E-state index in [1.807, 2.05) is 6.07 Å². The number of hydrogen-bond donors (Lipinski definition) is 0. The van der Waals surface area contributed by atoms with Crippen LogP contribution in [0.3, 0.4) is 0 Å². The van der Waals surface area contributed by atoms with Crippen LogP contribution in [0.2, 0.25) is 0 Å². The second-order valence-corrected chi connectivity index (χ2v) is 6.43. The molecule has 1 aromatic heterocycles. The molecule has 0 unspecified atom stereocenters. The Kier molecular flexibility index (Phi) is 4.49. The molecule has 0 atom stereocenters. The van der Waals surface area contributed by atoms with Gasteiger partial charge in [-0.05, 0) is 18.1 Å². The molecule has 0 saturated carbocycles. The van der Waals surface area contributed by atoms with Crippen LogP contribution < -0.4 is 0 Å². The van der Waals surface area contributed by atoms with Crippen LogP contribution in [0.1, 0.15) is 18.2 Å². The van der Waals surface area contributed by atoms with Crippen molar-refractivity contribution in [2.24, 2.45) is 0 Å². The van der Waals surface area contributed by atoms with Gasteiger partial charge >= 0.3 is 0 Å². The van der Waals surface area contributed by atoms with Gasteiger partial charge in [0.2, 0.25) is 0 Å². The molecule has 0 saturated heterocycles. The summed E-state index contributed by atoms with van der Waals surface area (Å²) in [6.45, 7) is 4.97. The summed E-state index contributed by atoms with van der Waals surface area (Å²) < 4.78 is 5.61. The molecule has 0 spiro atoms. The molecule has 0 fully saturated rings. The highest BCUT2D eigenvalue weighted by atomic mass is 16.5. The minimum atomic E-state index is 0.902. The lowest BCUT2D eigenvalue weighted by atomic mass is 9.99. The maximum absolute atomic E-state index is 5.61. The fourth-order valence-electron chi connectivity index (χ4n) is 3.35. The predicted octanol–water partition coefficient (Wildman–Crippen LogP) is 4.94. The third-order valence-electron chi connectivity index (χ3n) is 4.77. The first kappa shape index (κ1) is 15.9. The van der Waals surface area contributed by atoms with E-state index in [2.05, 4.69) is 77.7 Å². The van der Waals surface area contributed by atoms with Gasteiger partial charge in [-0.3, -0.25) is 4.90 Å². The van der Waals surface area contributed by atoms with Crippen molar-refractivity contribution in [2.75, 3.05) is 13.1 Å². The Labute approximate surface area is 148 Å². The molecule has 0 N–H and O–H groups in total. The topological polar surface area (TPSA) is 29.3 Å². The van der Waals surface area contributed by atoms with Crippen LogP contribution >= 0.6 is 0 Å². The molecule has 1 aliphatic rings. The Morgan fingerprint density at radius 3 is 2.48 bits per heavy atom. The summed E-state index contributed by atoms with van der Waals surface area (Å²) in [5.41, 5.74) is 5.80. The molecular weight excluding hydrogens is 308 g/mol. The molecule has 0 aliphatic carbocycles. The number of hydrogen-bond acceptors (Lipinski definition) is 3. The van der Waals surface area contributed by atoms with Crippen molar-refractivity contribution in [3.63, 3.8) is 0 Å². The summed E-state index contributed by atoms with van der Waals surface area (Å²) in [5, 5.41) is 4.37. The first-order chi connectivity index (χ1) is 12.3. The van der Waals surface area contributed by atoms with E-state index >= 15 is 0 Å². The average Bonchev–Trinajstić information content (AvgIpc) is 3.10. The molecule has 0 amide bonds. The number of aromatic nitrogens is 1.